The van der Waals surface area contributed by atoms with Crippen LogP contribution in [0.5, 0.6) is 0 Å². The van der Waals surface area contributed by atoms with Crippen molar-refractivity contribution >= 4 is 17.5 Å². The number of quaternary nitrogens is 1. The number of hydrogen-bond acceptors (Lipinski definition) is 1. The van der Waals surface area contributed by atoms with Gasteiger partial charge < -0.3 is 22.2 Å². The van der Waals surface area contributed by atoms with Gasteiger partial charge in [0, 0.05) is 42.1 Å². The summed E-state index contributed by atoms with van der Waals surface area (Å²) in [4.78, 5) is 16.9. The number of amides is 1. The number of halogens is 2. The summed E-state index contributed by atoms with van der Waals surface area (Å²) in [6, 6.07) is 18.8. The molecule has 3 nitrogen and oxygen atoms in total. The van der Waals surface area contributed by atoms with Gasteiger partial charge in [-0.3, -0.25) is 4.79 Å². The van der Waals surface area contributed by atoms with Crippen molar-refractivity contribution in [1.82, 2.24) is 4.90 Å². The van der Waals surface area contributed by atoms with E-state index in [-0.39, 0.29) is 18.3 Å². The number of carbonyl (C=O) groups is 1. The SMILES string of the molecule is C[NH+]1C2C=C(N(CCc3ccccc3)C(=O)c3ccc(Cl)cc3)CC1CC2.[Cl-]. The third-order valence-corrected chi connectivity index (χ3v) is 6.31. The molecule has 2 aliphatic heterocycles. The first kappa shape index (κ1) is 20.9. The Balaban J connectivity index is 0.00000225. The first-order chi connectivity index (χ1) is 13.1. The molecule has 28 heavy (non-hydrogen) atoms. The van der Waals surface area contributed by atoms with Gasteiger partial charge in [0.1, 0.15) is 6.04 Å². The summed E-state index contributed by atoms with van der Waals surface area (Å²) in [5, 5.41) is 0.655. The minimum Gasteiger partial charge on any atom is -1.00 e. The Labute approximate surface area is 178 Å². The second kappa shape index (κ2) is 9.13. The van der Waals surface area contributed by atoms with Crippen molar-refractivity contribution in [2.45, 2.75) is 37.8 Å². The van der Waals surface area contributed by atoms with Gasteiger partial charge in [0.05, 0.1) is 13.1 Å². The van der Waals surface area contributed by atoms with Gasteiger partial charge in [0.15, 0.2) is 0 Å². The zero-order valence-corrected chi connectivity index (χ0v) is 17.6. The number of nitrogens with one attached hydrogen (secondary N) is 1. The molecule has 0 saturated carbocycles. The molecule has 0 spiro atoms. The van der Waals surface area contributed by atoms with E-state index in [2.05, 4.69) is 37.4 Å². The molecule has 0 aliphatic carbocycles. The lowest BCUT2D eigenvalue weighted by Gasteiger charge is -2.33. The highest BCUT2D eigenvalue weighted by atomic mass is 35.5. The minimum atomic E-state index is 0. The highest BCUT2D eigenvalue weighted by Crippen LogP contribution is 2.26. The van der Waals surface area contributed by atoms with E-state index < -0.39 is 0 Å². The molecule has 1 amide bonds. The number of likely N-dealkylation sites (N-methyl/N-ethyl adjacent to an activating group) is 1. The Morgan fingerprint density at radius 3 is 2.50 bits per heavy atom. The quantitative estimate of drug-likeness (QED) is 0.747. The van der Waals surface area contributed by atoms with Crippen molar-refractivity contribution in [2.75, 3.05) is 13.6 Å². The van der Waals surface area contributed by atoms with E-state index >= 15 is 0 Å². The van der Waals surface area contributed by atoms with E-state index in [1.165, 1.54) is 24.1 Å². The monoisotopic (exact) mass is 416 g/mol. The number of carbonyl (C=O) groups excluding carboxylic acids is 1. The molecule has 0 aromatic heterocycles. The minimum absolute atomic E-state index is 0. The largest absolute Gasteiger partial charge is 1.00 e. The van der Waals surface area contributed by atoms with Crippen LogP contribution >= 0.6 is 11.6 Å². The molecule has 5 heteroatoms. The van der Waals surface area contributed by atoms with Gasteiger partial charge in [0.2, 0.25) is 0 Å². The molecule has 2 heterocycles. The number of hydrogen-bond donors (Lipinski definition) is 1. The molecule has 2 aromatic carbocycles. The number of rotatable bonds is 5. The predicted octanol–water partition coefficient (Wildman–Crippen LogP) is 0.362. The maximum Gasteiger partial charge on any atom is 0.258 e. The van der Waals surface area contributed by atoms with E-state index in [9.17, 15) is 4.79 Å². The molecule has 3 unspecified atom stereocenters. The zero-order chi connectivity index (χ0) is 18.8. The molecule has 4 rings (SSSR count). The predicted molar refractivity (Wildman–Crippen MR) is 109 cm³/mol. The summed E-state index contributed by atoms with van der Waals surface area (Å²) in [6.07, 6.45) is 6.66. The smallest absolute Gasteiger partial charge is 0.258 e. The van der Waals surface area contributed by atoms with Crippen LogP contribution in [-0.2, 0) is 6.42 Å². The lowest BCUT2D eigenvalue weighted by Crippen LogP contribution is -3.14. The Morgan fingerprint density at radius 2 is 1.82 bits per heavy atom. The van der Waals surface area contributed by atoms with Crippen LogP contribution in [0.15, 0.2) is 66.4 Å². The van der Waals surface area contributed by atoms with Crippen molar-refractivity contribution in [3.63, 3.8) is 0 Å². The topological polar surface area (TPSA) is 24.8 Å². The van der Waals surface area contributed by atoms with Crippen molar-refractivity contribution in [3.05, 3.63) is 82.5 Å². The van der Waals surface area contributed by atoms with Crippen molar-refractivity contribution in [2.24, 2.45) is 0 Å². The molecule has 1 saturated heterocycles. The molecular formula is C23H26Cl2N2O. The average Bonchev–Trinajstić information content (AvgIpc) is 2.90. The highest BCUT2D eigenvalue weighted by Gasteiger charge is 2.40. The lowest BCUT2D eigenvalue weighted by atomic mass is 10.0. The van der Waals surface area contributed by atoms with Gasteiger partial charge in [-0.05, 0) is 42.3 Å². The Morgan fingerprint density at radius 1 is 1.11 bits per heavy atom. The van der Waals surface area contributed by atoms with E-state index in [1.807, 2.05) is 23.1 Å². The normalized spacial score (nSPS) is 22.9. The van der Waals surface area contributed by atoms with Gasteiger partial charge in [-0.1, -0.05) is 41.9 Å². The molecule has 148 valence electrons. The lowest BCUT2D eigenvalue weighted by molar-refractivity contribution is -0.912. The maximum atomic E-state index is 13.3. The van der Waals surface area contributed by atoms with Crippen LogP contribution in [0.1, 0.15) is 35.2 Å². The summed E-state index contributed by atoms with van der Waals surface area (Å²) in [7, 11) is 2.28. The average molecular weight is 417 g/mol. The summed E-state index contributed by atoms with van der Waals surface area (Å²) in [6.45, 7) is 0.704. The van der Waals surface area contributed by atoms with Crippen LogP contribution in [0, 0.1) is 0 Å². The first-order valence-electron chi connectivity index (χ1n) is 9.77. The van der Waals surface area contributed by atoms with E-state index in [0.29, 0.717) is 29.2 Å². The Hall–Kier alpha value is -1.81. The molecular weight excluding hydrogens is 391 g/mol. The Bertz CT molecular complexity index is 835. The fraction of sp³-hybridized carbons (Fsp3) is 0.348. The van der Waals surface area contributed by atoms with E-state index in [4.69, 9.17) is 11.6 Å². The second-order valence-corrected chi connectivity index (χ2v) is 8.12. The van der Waals surface area contributed by atoms with Gasteiger partial charge >= 0.3 is 0 Å². The maximum absolute atomic E-state index is 13.3. The summed E-state index contributed by atoms with van der Waals surface area (Å²) < 4.78 is 0. The second-order valence-electron chi connectivity index (χ2n) is 7.69. The first-order valence-corrected chi connectivity index (χ1v) is 10.1. The third kappa shape index (κ3) is 4.43. The molecule has 2 aromatic rings. The zero-order valence-electron chi connectivity index (χ0n) is 16.1. The van der Waals surface area contributed by atoms with Crippen LogP contribution in [-0.4, -0.2) is 36.5 Å². The Kier molecular flexibility index (Phi) is 6.82. The fourth-order valence-electron chi connectivity index (χ4n) is 4.38. The van der Waals surface area contributed by atoms with Gasteiger partial charge in [-0.2, -0.15) is 0 Å². The molecule has 0 radical (unpaired) electrons. The van der Waals surface area contributed by atoms with Crippen molar-refractivity contribution in [3.8, 4) is 0 Å². The third-order valence-electron chi connectivity index (χ3n) is 6.05. The van der Waals surface area contributed by atoms with Crippen LogP contribution < -0.4 is 17.3 Å². The highest BCUT2D eigenvalue weighted by molar-refractivity contribution is 6.30. The van der Waals surface area contributed by atoms with Crippen LogP contribution in [0.25, 0.3) is 0 Å². The molecule has 3 atom stereocenters. The van der Waals surface area contributed by atoms with Crippen LogP contribution in [0.4, 0.5) is 0 Å². The van der Waals surface area contributed by atoms with Crippen LogP contribution in [0.3, 0.4) is 0 Å². The van der Waals surface area contributed by atoms with Gasteiger partial charge in [0.25, 0.3) is 5.91 Å². The van der Waals surface area contributed by atoms with Crippen molar-refractivity contribution in [1.29, 1.82) is 0 Å². The summed E-state index contributed by atoms with van der Waals surface area (Å²) in [5.74, 6) is 0.0767. The van der Waals surface area contributed by atoms with Gasteiger partial charge in [-0.25, -0.2) is 0 Å². The number of nitrogens with zero attached hydrogens (tertiary/aromatic N) is 1. The van der Waals surface area contributed by atoms with E-state index in [1.54, 1.807) is 17.0 Å². The van der Waals surface area contributed by atoms with Crippen LogP contribution in [0.2, 0.25) is 5.02 Å². The molecule has 1 N–H and O–H groups in total. The molecule has 2 bridgehead atoms. The van der Waals surface area contributed by atoms with E-state index in [0.717, 1.165) is 12.8 Å². The van der Waals surface area contributed by atoms with Gasteiger partial charge in [-0.15, -0.1) is 0 Å². The standard InChI is InChI=1S/C23H25ClN2O.ClH/c1-25-20-11-12-21(25)16-22(15-20)26(14-13-17-5-3-2-4-6-17)23(27)18-7-9-19(24)10-8-18;/h2-10,15,20-21H,11-14,16H2,1H3;1H. The number of fused-ring (bicyclic) bond motifs is 2. The molecule has 1 fully saturated rings. The van der Waals surface area contributed by atoms with Crippen molar-refractivity contribution < 1.29 is 22.1 Å². The molecule has 2 aliphatic rings. The fourth-order valence-corrected chi connectivity index (χ4v) is 4.51. The summed E-state index contributed by atoms with van der Waals surface area (Å²) >= 11 is 6.01. The summed E-state index contributed by atoms with van der Waals surface area (Å²) in [5.41, 5.74) is 3.16. The number of benzene rings is 2.